The summed E-state index contributed by atoms with van der Waals surface area (Å²) in [4.78, 5) is 0. The van der Waals surface area contributed by atoms with Crippen molar-refractivity contribution in [2.75, 3.05) is 52.9 Å². The lowest BCUT2D eigenvalue weighted by Gasteiger charge is -2.37. The van der Waals surface area contributed by atoms with E-state index in [1.165, 1.54) is 0 Å². The van der Waals surface area contributed by atoms with Gasteiger partial charge in [-0.1, -0.05) is 0 Å². The number of nitrogens with zero attached hydrogens (tertiary/aromatic N) is 5. The summed E-state index contributed by atoms with van der Waals surface area (Å²) in [6, 6.07) is 10.0. The largest absolute Gasteiger partial charge is 0.378 e. The van der Waals surface area contributed by atoms with Crippen molar-refractivity contribution in [2.45, 2.75) is 62.9 Å². The first-order valence-electron chi connectivity index (χ1n) is 11.6. The first kappa shape index (κ1) is 32.8. The Kier molecular flexibility index (Phi) is 22.6. The van der Waals surface area contributed by atoms with Crippen LogP contribution in [0.15, 0.2) is 0 Å². The number of rotatable bonds is 23. The molecule has 0 aliphatic carbocycles. The molecule has 0 aliphatic rings. The third-order valence-corrected chi connectivity index (χ3v) is 4.51. The molecule has 0 saturated carbocycles. The monoisotopic (exact) mass is 499 g/mol. The zero-order valence-electron chi connectivity index (χ0n) is 20.5. The lowest BCUT2D eigenvalue weighted by Crippen LogP contribution is -2.52. The van der Waals surface area contributed by atoms with Crippen LogP contribution in [0.25, 0.3) is 0 Å². The zero-order chi connectivity index (χ0) is 26.7. The van der Waals surface area contributed by atoms with Crippen molar-refractivity contribution >= 4 is 0 Å². The summed E-state index contributed by atoms with van der Waals surface area (Å²) in [6.07, 6.45) is 3.14. The normalized spacial score (nSPS) is 13.5. The highest BCUT2D eigenvalue weighted by atomic mass is 16.6. The van der Waals surface area contributed by atoms with Crippen molar-refractivity contribution < 1.29 is 28.4 Å². The number of nitriles is 5. The Morgan fingerprint density at radius 3 is 1.17 bits per heavy atom. The minimum absolute atomic E-state index is 0.0192. The Hall–Kier alpha value is -3.23. The highest BCUT2D eigenvalue weighted by molar-refractivity contribution is 4.89. The predicted molar refractivity (Wildman–Crippen MR) is 125 cm³/mol. The standard InChI is InChI=1S/C25H33N5O6/c1-2-3-14-31-20-22(33-16-5-10-27)24(35-18-7-12-29)25(36-19-8-13-30)23(34-17-6-11-28)21-32-15-4-9-26/h1,22-25H,3-8,14-21H2/t22-,23+,24-,25-/m1/s1. The van der Waals surface area contributed by atoms with Gasteiger partial charge in [-0.15, -0.1) is 12.3 Å². The molecule has 0 spiro atoms. The lowest BCUT2D eigenvalue weighted by molar-refractivity contribution is -0.195. The van der Waals surface area contributed by atoms with Crippen LogP contribution in [0.4, 0.5) is 0 Å². The molecule has 11 heteroatoms. The summed E-state index contributed by atoms with van der Waals surface area (Å²) in [5.74, 6) is 2.49. The molecule has 0 amide bonds. The van der Waals surface area contributed by atoms with E-state index in [1.807, 2.05) is 30.3 Å². The van der Waals surface area contributed by atoms with Gasteiger partial charge in [-0.25, -0.2) is 0 Å². The Morgan fingerprint density at radius 1 is 0.472 bits per heavy atom. The van der Waals surface area contributed by atoms with E-state index >= 15 is 0 Å². The van der Waals surface area contributed by atoms with Crippen LogP contribution in [0.1, 0.15) is 38.5 Å². The van der Waals surface area contributed by atoms with Crippen LogP contribution in [0.3, 0.4) is 0 Å². The first-order valence-corrected chi connectivity index (χ1v) is 11.6. The van der Waals surface area contributed by atoms with Gasteiger partial charge in [-0.3, -0.25) is 0 Å². The minimum atomic E-state index is -0.846. The van der Waals surface area contributed by atoms with Gasteiger partial charge in [0.15, 0.2) is 0 Å². The molecule has 0 heterocycles. The van der Waals surface area contributed by atoms with Crippen LogP contribution >= 0.6 is 0 Å². The summed E-state index contributed by atoms with van der Waals surface area (Å²) >= 11 is 0. The molecule has 194 valence electrons. The third kappa shape index (κ3) is 16.4. The van der Waals surface area contributed by atoms with Crippen LogP contribution in [0, 0.1) is 69.0 Å². The quantitative estimate of drug-likeness (QED) is 0.149. The lowest BCUT2D eigenvalue weighted by atomic mass is 10.0. The summed E-state index contributed by atoms with van der Waals surface area (Å²) in [7, 11) is 0. The van der Waals surface area contributed by atoms with Crippen LogP contribution in [0.2, 0.25) is 0 Å². The molecule has 0 rings (SSSR count). The molecule has 0 fully saturated rings. The molecule has 4 atom stereocenters. The molecule has 0 aromatic carbocycles. The Bertz CT molecular complexity index is 746. The van der Waals surface area contributed by atoms with E-state index < -0.39 is 24.4 Å². The van der Waals surface area contributed by atoms with Gasteiger partial charge < -0.3 is 28.4 Å². The smallest absolute Gasteiger partial charge is 0.115 e. The van der Waals surface area contributed by atoms with Gasteiger partial charge >= 0.3 is 0 Å². The maximum absolute atomic E-state index is 9.01. The van der Waals surface area contributed by atoms with Crippen molar-refractivity contribution in [1.29, 1.82) is 26.3 Å². The van der Waals surface area contributed by atoms with Crippen molar-refractivity contribution in [3.8, 4) is 42.7 Å². The maximum atomic E-state index is 9.01. The molecule has 0 bridgehead atoms. The van der Waals surface area contributed by atoms with Gasteiger partial charge in [0.05, 0.1) is 115 Å². The SMILES string of the molecule is C#CCCOC[C@@H](OCCC#N)[C@@H](OCCC#N)[C@H](OCCC#N)[C@H](COCCC#N)OCCC#N. The minimum Gasteiger partial charge on any atom is -0.378 e. The summed E-state index contributed by atoms with van der Waals surface area (Å²) in [5, 5.41) is 44.7. The molecule has 0 aromatic heterocycles. The molecule has 0 aliphatic heterocycles. The molecule has 0 saturated heterocycles. The van der Waals surface area contributed by atoms with E-state index in [9.17, 15) is 0 Å². The first-order chi connectivity index (χ1) is 17.7. The van der Waals surface area contributed by atoms with Crippen LogP contribution < -0.4 is 0 Å². The summed E-state index contributed by atoms with van der Waals surface area (Å²) in [6.45, 7) is 0.815. The van der Waals surface area contributed by atoms with E-state index in [1.54, 1.807) is 0 Å². The van der Waals surface area contributed by atoms with Crippen LogP contribution in [0.5, 0.6) is 0 Å². The second-order valence-corrected chi connectivity index (χ2v) is 7.13. The summed E-state index contributed by atoms with van der Waals surface area (Å²) in [5.41, 5.74) is 0. The van der Waals surface area contributed by atoms with Gasteiger partial charge in [0.2, 0.25) is 0 Å². The fraction of sp³-hybridized carbons (Fsp3) is 0.720. The van der Waals surface area contributed by atoms with Crippen molar-refractivity contribution in [2.24, 2.45) is 0 Å². The van der Waals surface area contributed by atoms with Crippen LogP contribution in [-0.2, 0) is 28.4 Å². The average Bonchev–Trinajstić information content (AvgIpc) is 2.88. The van der Waals surface area contributed by atoms with Gasteiger partial charge in [0, 0.05) is 6.42 Å². The van der Waals surface area contributed by atoms with Gasteiger partial charge in [-0.05, 0) is 0 Å². The predicted octanol–water partition coefficient (Wildman–Crippen LogP) is 2.15. The summed E-state index contributed by atoms with van der Waals surface area (Å²) < 4.78 is 35.1. The highest BCUT2D eigenvalue weighted by Gasteiger charge is 2.38. The number of ether oxygens (including phenoxy) is 6. The van der Waals surface area contributed by atoms with E-state index in [4.69, 9.17) is 61.2 Å². The fourth-order valence-electron chi connectivity index (χ4n) is 2.94. The Morgan fingerprint density at radius 2 is 0.806 bits per heavy atom. The molecule has 36 heavy (non-hydrogen) atoms. The fourth-order valence-corrected chi connectivity index (χ4v) is 2.94. The van der Waals surface area contributed by atoms with Crippen molar-refractivity contribution in [3.05, 3.63) is 0 Å². The van der Waals surface area contributed by atoms with Gasteiger partial charge in [-0.2, -0.15) is 26.3 Å². The van der Waals surface area contributed by atoms with Crippen molar-refractivity contribution in [3.63, 3.8) is 0 Å². The average molecular weight is 500 g/mol. The molecular weight excluding hydrogens is 466 g/mol. The van der Waals surface area contributed by atoms with E-state index in [0.717, 1.165) is 0 Å². The number of hydrogen-bond acceptors (Lipinski definition) is 11. The van der Waals surface area contributed by atoms with E-state index in [-0.39, 0.29) is 85.0 Å². The van der Waals surface area contributed by atoms with Gasteiger partial charge in [0.25, 0.3) is 0 Å². The van der Waals surface area contributed by atoms with Crippen LogP contribution in [-0.4, -0.2) is 77.3 Å². The second kappa shape index (κ2) is 24.9. The number of hydrogen-bond donors (Lipinski definition) is 0. The van der Waals surface area contributed by atoms with E-state index in [0.29, 0.717) is 6.42 Å². The molecule has 0 unspecified atom stereocenters. The zero-order valence-corrected chi connectivity index (χ0v) is 20.5. The molecular formula is C25H33N5O6. The third-order valence-electron chi connectivity index (χ3n) is 4.51. The highest BCUT2D eigenvalue weighted by Crippen LogP contribution is 2.21. The molecule has 0 N–H and O–H groups in total. The Balaban J connectivity index is 6.02. The molecule has 0 aromatic rings. The van der Waals surface area contributed by atoms with Gasteiger partial charge in [0.1, 0.15) is 24.4 Å². The molecule has 11 nitrogen and oxygen atoms in total. The van der Waals surface area contributed by atoms with E-state index in [2.05, 4.69) is 5.92 Å². The second-order valence-electron chi connectivity index (χ2n) is 7.13. The maximum Gasteiger partial charge on any atom is 0.115 e. The Labute approximate surface area is 213 Å². The molecule has 0 radical (unpaired) electrons. The topological polar surface area (TPSA) is 174 Å². The van der Waals surface area contributed by atoms with Crippen molar-refractivity contribution in [1.82, 2.24) is 0 Å². The number of terminal acetylenes is 1.